The maximum atomic E-state index is 12.2. The maximum Gasteiger partial charge on any atom is 0.276 e. The van der Waals surface area contributed by atoms with Crippen LogP contribution in [0.15, 0.2) is 59.5 Å². The third-order valence-corrected chi connectivity index (χ3v) is 3.88. The molecule has 3 heterocycles. The van der Waals surface area contributed by atoms with Crippen molar-refractivity contribution in [2.24, 2.45) is 0 Å². The molecule has 26 heavy (non-hydrogen) atoms. The number of pyridine rings is 1. The number of anilines is 1. The zero-order valence-electron chi connectivity index (χ0n) is 13.8. The van der Waals surface area contributed by atoms with Crippen LogP contribution in [0.25, 0.3) is 16.7 Å². The van der Waals surface area contributed by atoms with Crippen LogP contribution in [0.4, 0.5) is 5.69 Å². The first-order valence-electron chi connectivity index (χ1n) is 7.90. The predicted octanol–water partition coefficient (Wildman–Crippen LogP) is 2.06. The van der Waals surface area contributed by atoms with Crippen LogP contribution in [0.5, 0.6) is 0 Å². The van der Waals surface area contributed by atoms with Crippen LogP contribution in [0.1, 0.15) is 16.2 Å². The summed E-state index contributed by atoms with van der Waals surface area (Å²) in [6.07, 6.45) is 1.56. The fourth-order valence-electron chi connectivity index (χ4n) is 2.63. The number of carbonyl (C=O) groups excluding carboxylic acids is 1. The highest BCUT2D eigenvalue weighted by Gasteiger charge is 2.13. The molecule has 1 aromatic carbocycles. The summed E-state index contributed by atoms with van der Waals surface area (Å²) in [6.45, 7) is 1.89. The van der Waals surface area contributed by atoms with E-state index in [1.807, 2.05) is 43.3 Å². The lowest BCUT2D eigenvalue weighted by atomic mass is 10.2. The summed E-state index contributed by atoms with van der Waals surface area (Å²) in [5.74, 6) is -0.435. The van der Waals surface area contributed by atoms with E-state index in [0.717, 1.165) is 16.8 Å². The van der Waals surface area contributed by atoms with Gasteiger partial charge in [-0.25, -0.2) is 14.8 Å². The lowest BCUT2D eigenvalue weighted by Gasteiger charge is -2.05. The Hall–Kier alpha value is -3.81. The number of hydrogen-bond acceptors (Lipinski definition) is 5. The summed E-state index contributed by atoms with van der Waals surface area (Å²) in [5, 5.41) is 14.0. The second kappa shape index (κ2) is 6.25. The molecule has 0 unspecified atom stereocenters. The Labute approximate surface area is 147 Å². The molecule has 0 aliphatic carbocycles. The number of aromatic nitrogens is 5. The van der Waals surface area contributed by atoms with Crippen molar-refractivity contribution in [1.29, 1.82) is 0 Å². The molecule has 1 amide bonds. The number of para-hydroxylation sites is 1. The Morgan fingerprint density at radius 3 is 2.69 bits per heavy atom. The number of fused-ring (bicyclic) bond motifs is 1. The lowest BCUT2D eigenvalue weighted by molar-refractivity contribution is 0.102. The molecule has 0 saturated carbocycles. The second-order valence-electron chi connectivity index (χ2n) is 5.69. The lowest BCUT2D eigenvalue weighted by Crippen LogP contribution is -2.17. The molecule has 3 aromatic heterocycles. The molecule has 0 atom stereocenters. The van der Waals surface area contributed by atoms with E-state index < -0.39 is 5.91 Å². The zero-order valence-corrected chi connectivity index (χ0v) is 13.8. The first-order chi connectivity index (χ1) is 12.6. The highest BCUT2D eigenvalue weighted by Crippen LogP contribution is 2.23. The van der Waals surface area contributed by atoms with Gasteiger partial charge in [-0.1, -0.05) is 18.2 Å². The molecular weight excluding hydrogens is 332 g/mol. The largest absolute Gasteiger partial charge is 0.319 e. The first kappa shape index (κ1) is 15.7. The number of hydrogen-bond donors (Lipinski definition) is 2. The van der Waals surface area contributed by atoms with Crippen LogP contribution in [0, 0.1) is 6.92 Å². The van der Waals surface area contributed by atoms with Crippen LogP contribution in [0.2, 0.25) is 0 Å². The molecule has 0 radical (unpaired) electrons. The Morgan fingerprint density at radius 2 is 1.96 bits per heavy atom. The van der Waals surface area contributed by atoms with Crippen LogP contribution < -0.4 is 10.9 Å². The summed E-state index contributed by atoms with van der Waals surface area (Å²) < 4.78 is 1.76. The summed E-state index contributed by atoms with van der Waals surface area (Å²) in [6, 6.07) is 14.1. The number of rotatable bonds is 3. The molecule has 0 aliphatic heterocycles. The Kier molecular flexibility index (Phi) is 3.77. The minimum atomic E-state index is -0.435. The fraction of sp³-hybridized carbons (Fsp3) is 0.0556. The zero-order chi connectivity index (χ0) is 18.1. The Bertz CT molecular complexity index is 1140. The third kappa shape index (κ3) is 2.84. The van der Waals surface area contributed by atoms with Gasteiger partial charge in [0.1, 0.15) is 5.69 Å². The number of aryl methyl sites for hydroxylation is 1. The van der Waals surface area contributed by atoms with Gasteiger partial charge in [0, 0.05) is 11.5 Å². The molecule has 2 N–H and O–H groups in total. The number of benzene rings is 1. The van der Waals surface area contributed by atoms with E-state index in [1.165, 1.54) is 12.1 Å². The minimum absolute atomic E-state index is 0.112. The van der Waals surface area contributed by atoms with E-state index in [2.05, 4.69) is 25.6 Å². The predicted molar refractivity (Wildman–Crippen MR) is 96.4 cm³/mol. The van der Waals surface area contributed by atoms with Crippen molar-refractivity contribution in [2.45, 2.75) is 6.92 Å². The van der Waals surface area contributed by atoms with Crippen LogP contribution >= 0.6 is 0 Å². The van der Waals surface area contributed by atoms with Crippen molar-refractivity contribution >= 4 is 22.6 Å². The van der Waals surface area contributed by atoms with Gasteiger partial charge >= 0.3 is 0 Å². The van der Waals surface area contributed by atoms with Gasteiger partial charge in [0.25, 0.3) is 11.5 Å². The monoisotopic (exact) mass is 346 g/mol. The van der Waals surface area contributed by atoms with Crippen LogP contribution in [-0.2, 0) is 0 Å². The van der Waals surface area contributed by atoms with E-state index in [0.29, 0.717) is 11.3 Å². The van der Waals surface area contributed by atoms with Gasteiger partial charge in [0.2, 0.25) is 0 Å². The second-order valence-corrected chi connectivity index (χ2v) is 5.69. The van der Waals surface area contributed by atoms with E-state index in [9.17, 15) is 9.59 Å². The van der Waals surface area contributed by atoms with E-state index in [1.54, 1.807) is 10.9 Å². The van der Waals surface area contributed by atoms with Crippen LogP contribution in [-0.4, -0.2) is 30.9 Å². The number of aromatic amines is 1. The number of nitrogens with zero attached hydrogens (tertiary/aromatic N) is 4. The summed E-state index contributed by atoms with van der Waals surface area (Å²) in [7, 11) is 0. The van der Waals surface area contributed by atoms with Crippen molar-refractivity contribution in [3.05, 3.63) is 76.5 Å². The van der Waals surface area contributed by atoms with Crippen molar-refractivity contribution in [2.75, 3.05) is 5.32 Å². The molecule has 8 heteroatoms. The van der Waals surface area contributed by atoms with Gasteiger partial charge in [0.05, 0.1) is 23.3 Å². The van der Waals surface area contributed by atoms with Crippen molar-refractivity contribution in [1.82, 2.24) is 25.0 Å². The summed E-state index contributed by atoms with van der Waals surface area (Å²) in [5.41, 5.74) is 2.68. The summed E-state index contributed by atoms with van der Waals surface area (Å²) in [4.78, 5) is 27.7. The van der Waals surface area contributed by atoms with Gasteiger partial charge in [0.15, 0.2) is 5.65 Å². The maximum absolute atomic E-state index is 12.2. The molecular formula is C18H14N6O2. The van der Waals surface area contributed by atoms with Gasteiger partial charge in [-0.3, -0.25) is 9.59 Å². The molecule has 8 nitrogen and oxygen atoms in total. The third-order valence-electron chi connectivity index (χ3n) is 3.88. The number of amides is 1. The smallest absolute Gasteiger partial charge is 0.276 e. The Morgan fingerprint density at radius 1 is 1.15 bits per heavy atom. The van der Waals surface area contributed by atoms with E-state index >= 15 is 0 Å². The van der Waals surface area contributed by atoms with Gasteiger partial charge in [-0.15, -0.1) is 0 Å². The highest BCUT2D eigenvalue weighted by atomic mass is 16.2. The van der Waals surface area contributed by atoms with E-state index in [4.69, 9.17) is 0 Å². The quantitative estimate of drug-likeness (QED) is 0.591. The molecule has 128 valence electrons. The fourth-order valence-corrected chi connectivity index (χ4v) is 2.63. The molecule has 0 aliphatic rings. The number of nitrogens with one attached hydrogen (secondary N) is 2. The Balaban J connectivity index is 1.68. The standard InChI is InChI=1S/C18H14N6O2/c1-11-14-9-12(20-18(26)15-7-8-16(25)22-21-15)10-19-17(14)24(23-11)13-5-3-2-4-6-13/h2-10H,1H3,(H,20,26)(H,22,25). The van der Waals surface area contributed by atoms with Gasteiger partial charge in [-0.2, -0.15) is 10.2 Å². The molecule has 0 spiro atoms. The van der Waals surface area contributed by atoms with Crippen LogP contribution in [0.3, 0.4) is 0 Å². The van der Waals surface area contributed by atoms with Gasteiger partial charge in [-0.05, 0) is 31.2 Å². The molecule has 0 bridgehead atoms. The van der Waals surface area contributed by atoms with Crippen molar-refractivity contribution < 1.29 is 4.79 Å². The van der Waals surface area contributed by atoms with Gasteiger partial charge < -0.3 is 5.32 Å². The molecule has 0 fully saturated rings. The molecule has 4 rings (SSSR count). The number of H-pyrrole nitrogens is 1. The average molecular weight is 346 g/mol. The number of carbonyl (C=O) groups is 1. The topological polar surface area (TPSA) is 106 Å². The SMILES string of the molecule is Cc1nn(-c2ccccc2)c2ncc(NC(=O)c3ccc(=O)[nH]n3)cc12. The normalized spacial score (nSPS) is 10.8. The molecule has 0 saturated heterocycles. The van der Waals surface area contributed by atoms with E-state index in [-0.39, 0.29) is 11.3 Å². The summed E-state index contributed by atoms with van der Waals surface area (Å²) >= 11 is 0. The minimum Gasteiger partial charge on any atom is -0.319 e. The average Bonchev–Trinajstić information content (AvgIpc) is 2.99. The highest BCUT2D eigenvalue weighted by molar-refractivity contribution is 6.03. The van der Waals surface area contributed by atoms with Crippen molar-refractivity contribution in [3.63, 3.8) is 0 Å². The first-order valence-corrected chi connectivity index (χ1v) is 7.90. The molecule has 4 aromatic rings. The van der Waals surface area contributed by atoms with Crippen molar-refractivity contribution in [3.8, 4) is 5.69 Å².